The molecule has 31 heavy (non-hydrogen) atoms. The van der Waals surface area contributed by atoms with E-state index in [-0.39, 0.29) is 10.2 Å². The molecule has 0 bridgehead atoms. The number of aromatic nitrogens is 1. The molecule has 2 aromatic rings. The summed E-state index contributed by atoms with van der Waals surface area (Å²) in [5, 5.41) is 51.3. The maximum Gasteiger partial charge on any atom is 0.164 e. The lowest BCUT2D eigenvalue weighted by molar-refractivity contribution is -0.252. The molecule has 0 unspecified atom stereocenters. The SMILES string of the molecule is N#Cc1c(-c2ccc(Cl)cc2)c2c(n([C@@H]3O[C@H](CO)[C@H](O)[C@H](O)[C@H]3O)c1=S)CCCC2. The van der Waals surface area contributed by atoms with Gasteiger partial charge in [0.05, 0.1) is 12.2 Å². The first-order valence-corrected chi connectivity index (χ1v) is 10.9. The molecular formula is C22H23ClN2O5S. The first-order valence-electron chi connectivity index (χ1n) is 10.2. The summed E-state index contributed by atoms with van der Waals surface area (Å²) in [6.45, 7) is -0.537. The molecule has 1 aliphatic heterocycles. The molecule has 1 fully saturated rings. The molecule has 0 spiro atoms. The van der Waals surface area contributed by atoms with Crippen molar-refractivity contribution in [1.82, 2.24) is 4.57 Å². The highest BCUT2D eigenvalue weighted by Crippen LogP contribution is 2.39. The molecule has 5 atom stereocenters. The van der Waals surface area contributed by atoms with Crippen molar-refractivity contribution >= 4 is 23.8 Å². The molecule has 1 aromatic carbocycles. The van der Waals surface area contributed by atoms with Crippen LogP contribution in [0.4, 0.5) is 0 Å². The van der Waals surface area contributed by atoms with Crippen LogP contribution in [0.3, 0.4) is 0 Å². The topological polar surface area (TPSA) is 119 Å². The van der Waals surface area contributed by atoms with Crippen molar-refractivity contribution in [2.24, 2.45) is 0 Å². The lowest BCUT2D eigenvalue weighted by Crippen LogP contribution is -2.57. The van der Waals surface area contributed by atoms with E-state index < -0.39 is 37.3 Å². The van der Waals surface area contributed by atoms with Gasteiger partial charge in [0.2, 0.25) is 0 Å². The zero-order valence-electron chi connectivity index (χ0n) is 16.6. The van der Waals surface area contributed by atoms with Crippen molar-refractivity contribution in [3.8, 4) is 17.2 Å². The minimum absolute atomic E-state index is 0.178. The Bertz CT molecular complexity index is 1080. The number of hydrogen-bond donors (Lipinski definition) is 4. The lowest BCUT2D eigenvalue weighted by Gasteiger charge is -2.42. The summed E-state index contributed by atoms with van der Waals surface area (Å²) in [7, 11) is 0. The quantitative estimate of drug-likeness (QED) is 0.516. The molecule has 9 heteroatoms. The Morgan fingerprint density at radius 3 is 2.42 bits per heavy atom. The van der Waals surface area contributed by atoms with E-state index >= 15 is 0 Å². The van der Waals surface area contributed by atoms with Crippen LogP contribution in [0.2, 0.25) is 5.02 Å². The molecule has 7 nitrogen and oxygen atoms in total. The second kappa shape index (κ2) is 8.96. The third-order valence-electron chi connectivity index (χ3n) is 6.08. The molecule has 0 amide bonds. The van der Waals surface area contributed by atoms with E-state index in [1.54, 1.807) is 16.7 Å². The van der Waals surface area contributed by atoms with Gasteiger partial charge in [-0.2, -0.15) is 5.26 Å². The van der Waals surface area contributed by atoms with Crippen molar-refractivity contribution in [2.45, 2.75) is 56.3 Å². The molecular weight excluding hydrogens is 440 g/mol. The van der Waals surface area contributed by atoms with E-state index in [4.69, 9.17) is 28.6 Å². The Morgan fingerprint density at radius 2 is 1.77 bits per heavy atom. The second-order valence-corrected chi connectivity index (χ2v) is 8.72. The van der Waals surface area contributed by atoms with Crippen molar-refractivity contribution in [3.63, 3.8) is 0 Å². The van der Waals surface area contributed by atoms with E-state index in [0.717, 1.165) is 41.6 Å². The monoisotopic (exact) mass is 462 g/mol. The molecule has 0 saturated carbocycles. The number of nitriles is 1. The van der Waals surface area contributed by atoms with Gasteiger partial charge in [-0.05, 0) is 48.9 Å². The van der Waals surface area contributed by atoms with Gasteiger partial charge in [-0.1, -0.05) is 36.0 Å². The summed E-state index contributed by atoms with van der Waals surface area (Å²) in [4.78, 5) is 0. The van der Waals surface area contributed by atoms with Crippen LogP contribution in [0.5, 0.6) is 0 Å². The zero-order chi connectivity index (χ0) is 22.3. The summed E-state index contributed by atoms with van der Waals surface area (Å²) in [5.74, 6) is 0. The van der Waals surface area contributed by atoms with Crippen LogP contribution in [0, 0.1) is 16.0 Å². The van der Waals surface area contributed by atoms with Gasteiger partial charge in [-0.15, -0.1) is 0 Å². The molecule has 1 aliphatic carbocycles. The molecule has 2 aliphatic rings. The Morgan fingerprint density at radius 1 is 1.10 bits per heavy atom. The number of nitrogens with zero attached hydrogens (tertiary/aromatic N) is 2. The Hall–Kier alpha value is -1.83. The van der Waals surface area contributed by atoms with Gasteiger partial charge in [-0.3, -0.25) is 0 Å². The van der Waals surface area contributed by atoms with Crippen LogP contribution < -0.4 is 0 Å². The Kier molecular flexibility index (Phi) is 6.47. The fraction of sp³-hybridized carbons (Fsp3) is 0.455. The van der Waals surface area contributed by atoms with Crippen molar-refractivity contribution in [2.75, 3.05) is 6.61 Å². The van der Waals surface area contributed by atoms with Gasteiger partial charge in [0, 0.05) is 16.3 Å². The minimum Gasteiger partial charge on any atom is -0.394 e. The van der Waals surface area contributed by atoms with Gasteiger partial charge in [0.1, 0.15) is 35.1 Å². The van der Waals surface area contributed by atoms with E-state index in [1.165, 1.54) is 0 Å². The number of rotatable bonds is 3. The van der Waals surface area contributed by atoms with Gasteiger partial charge in [0.25, 0.3) is 0 Å². The fourth-order valence-corrected chi connectivity index (χ4v) is 5.02. The van der Waals surface area contributed by atoms with Crippen LogP contribution in [-0.2, 0) is 17.6 Å². The van der Waals surface area contributed by atoms with E-state index in [0.29, 0.717) is 11.4 Å². The predicted molar refractivity (Wildman–Crippen MR) is 116 cm³/mol. The van der Waals surface area contributed by atoms with E-state index in [1.807, 2.05) is 12.1 Å². The standard InChI is InChI=1S/C22H23ClN2O5S/c23-12-7-5-11(6-8-12)17-13-3-1-2-4-15(13)25(22(31)14(17)9-24)21-20(29)19(28)18(27)16(10-26)30-21/h5-8,16,18-21,26-29H,1-4,10H2/t16-,18+,19+,20-,21-/m1/s1. The van der Waals surface area contributed by atoms with E-state index in [9.17, 15) is 25.7 Å². The molecule has 0 radical (unpaired) electrons. The van der Waals surface area contributed by atoms with Crippen LogP contribution in [0.1, 0.15) is 35.9 Å². The van der Waals surface area contributed by atoms with Gasteiger partial charge in [-0.25, -0.2) is 0 Å². The minimum atomic E-state index is -1.53. The number of pyridine rings is 1. The number of hydrogen-bond acceptors (Lipinski definition) is 7. The molecule has 1 saturated heterocycles. The molecule has 4 rings (SSSR count). The third-order valence-corrected chi connectivity index (χ3v) is 6.73. The maximum absolute atomic E-state index is 10.7. The fourth-order valence-electron chi connectivity index (χ4n) is 4.53. The summed E-state index contributed by atoms with van der Waals surface area (Å²) in [5.41, 5.74) is 3.61. The molecule has 4 N–H and O–H groups in total. The lowest BCUT2D eigenvalue weighted by atomic mass is 9.86. The number of aliphatic hydroxyl groups excluding tert-OH is 4. The summed E-state index contributed by atoms with van der Waals surface area (Å²) >= 11 is 11.7. The van der Waals surface area contributed by atoms with Gasteiger partial charge < -0.3 is 29.7 Å². The smallest absolute Gasteiger partial charge is 0.164 e. The van der Waals surface area contributed by atoms with Gasteiger partial charge >= 0.3 is 0 Å². The van der Waals surface area contributed by atoms with Crippen molar-refractivity contribution in [3.05, 3.63) is 50.7 Å². The van der Waals surface area contributed by atoms with Gasteiger partial charge in [0.15, 0.2) is 6.23 Å². The summed E-state index contributed by atoms with van der Waals surface area (Å²) in [6, 6.07) is 9.42. The van der Waals surface area contributed by atoms with E-state index in [2.05, 4.69) is 6.07 Å². The number of benzene rings is 1. The maximum atomic E-state index is 10.7. The third kappa shape index (κ3) is 3.81. The summed E-state index contributed by atoms with van der Waals surface area (Å²) < 4.78 is 7.55. The predicted octanol–water partition coefficient (Wildman–Crippen LogP) is 2.26. The average Bonchev–Trinajstić information content (AvgIpc) is 2.78. The van der Waals surface area contributed by atoms with Crippen LogP contribution in [-0.4, -0.2) is 56.0 Å². The highest BCUT2D eigenvalue weighted by atomic mass is 35.5. The van der Waals surface area contributed by atoms with Crippen molar-refractivity contribution < 1.29 is 25.2 Å². The second-order valence-electron chi connectivity index (χ2n) is 7.90. The van der Waals surface area contributed by atoms with Crippen LogP contribution >= 0.6 is 23.8 Å². The van der Waals surface area contributed by atoms with Crippen molar-refractivity contribution in [1.29, 1.82) is 5.26 Å². The highest BCUT2D eigenvalue weighted by molar-refractivity contribution is 7.71. The number of halogens is 1. The average molecular weight is 463 g/mol. The number of ether oxygens (including phenoxy) is 1. The first-order chi connectivity index (χ1) is 14.9. The molecule has 2 heterocycles. The largest absolute Gasteiger partial charge is 0.394 e. The Balaban J connectivity index is 1.96. The zero-order valence-corrected chi connectivity index (χ0v) is 18.2. The summed E-state index contributed by atoms with van der Waals surface area (Å²) in [6.07, 6.45) is -3.48. The Labute approximate surface area is 189 Å². The molecule has 164 valence electrons. The van der Waals surface area contributed by atoms with Crippen LogP contribution in [0.25, 0.3) is 11.1 Å². The number of fused-ring (bicyclic) bond motifs is 1. The first kappa shape index (κ1) is 22.4. The van der Waals surface area contributed by atoms with Crippen LogP contribution in [0.15, 0.2) is 24.3 Å². The normalized spacial score (nSPS) is 28.1. The highest BCUT2D eigenvalue weighted by Gasteiger charge is 2.45. The molecule has 1 aromatic heterocycles. The number of aliphatic hydroxyl groups is 4.